The molecule has 64 valence electrons. The van der Waals surface area contributed by atoms with E-state index in [2.05, 4.69) is 17.3 Å². The van der Waals surface area contributed by atoms with Gasteiger partial charge in [-0.1, -0.05) is 0 Å². The van der Waals surface area contributed by atoms with Crippen molar-refractivity contribution in [3.05, 3.63) is 0 Å². The maximum absolute atomic E-state index is 5.65. The highest BCUT2D eigenvalue weighted by Crippen LogP contribution is 2.17. The second-order valence-corrected chi connectivity index (χ2v) is 3.45. The lowest BCUT2D eigenvalue weighted by molar-refractivity contribution is -0.0716. The number of ether oxygens (including phenoxy) is 1. The monoisotopic (exact) mass is 156 g/mol. The fraction of sp³-hybridized carbons (Fsp3) is 1.00. The molecule has 2 aliphatic heterocycles. The van der Waals surface area contributed by atoms with Gasteiger partial charge in [0.1, 0.15) is 0 Å². The van der Waals surface area contributed by atoms with Gasteiger partial charge in [0, 0.05) is 19.1 Å². The van der Waals surface area contributed by atoms with Crippen molar-refractivity contribution in [3.63, 3.8) is 0 Å². The molecule has 2 saturated heterocycles. The second-order valence-electron chi connectivity index (χ2n) is 3.45. The van der Waals surface area contributed by atoms with Crippen LogP contribution in [0.4, 0.5) is 0 Å². The van der Waals surface area contributed by atoms with E-state index in [1.807, 2.05) is 0 Å². The molecule has 0 unspecified atom stereocenters. The molecule has 0 radical (unpaired) electrons. The van der Waals surface area contributed by atoms with Crippen LogP contribution in [-0.4, -0.2) is 50.3 Å². The third kappa shape index (κ3) is 1.41. The lowest BCUT2D eigenvalue weighted by atomic mass is 10.0. The van der Waals surface area contributed by atoms with Crippen molar-refractivity contribution in [2.75, 3.05) is 33.3 Å². The van der Waals surface area contributed by atoms with Gasteiger partial charge in [-0.05, 0) is 20.0 Å². The Morgan fingerprint density at radius 2 is 2.45 bits per heavy atom. The highest BCUT2D eigenvalue weighted by atomic mass is 16.5. The van der Waals surface area contributed by atoms with Crippen LogP contribution in [0.2, 0.25) is 0 Å². The van der Waals surface area contributed by atoms with E-state index in [0.717, 1.165) is 26.2 Å². The van der Waals surface area contributed by atoms with E-state index in [0.29, 0.717) is 12.1 Å². The minimum absolute atomic E-state index is 0.447. The first kappa shape index (κ1) is 7.53. The van der Waals surface area contributed by atoms with E-state index >= 15 is 0 Å². The topological polar surface area (TPSA) is 24.5 Å². The largest absolute Gasteiger partial charge is 0.374 e. The Labute approximate surface area is 67.7 Å². The van der Waals surface area contributed by atoms with Crippen molar-refractivity contribution in [1.82, 2.24) is 10.2 Å². The van der Waals surface area contributed by atoms with Crippen LogP contribution >= 0.6 is 0 Å². The summed E-state index contributed by atoms with van der Waals surface area (Å²) in [5.74, 6) is 0. The maximum atomic E-state index is 5.65. The summed E-state index contributed by atoms with van der Waals surface area (Å²) in [5, 5.41) is 3.35. The van der Waals surface area contributed by atoms with Gasteiger partial charge in [-0.15, -0.1) is 0 Å². The van der Waals surface area contributed by atoms with Crippen molar-refractivity contribution >= 4 is 0 Å². The van der Waals surface area contributed by atoms with Crippen molar-refractivity contribution in [2.24, 2.45) is 0 Å². The molecule has 11 heavy (non-hydrogen) atoms. The van der Waals surface area contributed by atoms with Gasteiger partial charge < -0.3 is 10.1 Å². The number of likely N-dealkylation sites (N-methyl/N-ethyl adjacent to an activating group) is 1. The predicted octanol–water partition coefficient (Wildman–Crippen LogP) is -0.321. The molecule has 2 atom stereocenters. The van der Waals surface area contributed by atoms with E-state index in [1.54, 1.807) is 0 Å². The van der Waals surface area contributed by atoms with Gasteiger partial charge >= 0.3 is 0 Å². The summed E-state index contributed by atoms with van der Waals surface area (Å²) in [4.78, 5) is 2.43. The first-order valence-corrected chi connectivity index (χ1v) is 4.40. The second kappa shape index (κ2) is 3.09. The Morgan fingerprint density at radius 3 is 3.27 bits per heavy atom. The molecule has 1 N–H and O–H groups in total. The number of piperidine rings is 1. The summed E-state index contributed by atoms with van der Waals surface area (Å²) in [6.45, 7) is 4.18. The van der Waals surface area contributed by atoms with Gasteiger partial charge in [-0.3, -0.25) is 4.90 Å². The van der Waals surface area contributed by atoms with Crippen molar-refractivity contribution < 1.29 is 4.74 Å². The van der Waals surface area contributed by atoms with Crippen molar-refractivity contribution in [2.45, 2.75) is 18.6 Å². The first-order chi connectivity index (χ1) is 5.38. The highest BCUT2D eigenvalue weighted by molar-refractivity contribution is 4.87. The molecule has 0 aromatic rings. The molecular weight excluding hydrogens is 140 g/mol. The molecule has 0 aliphatic carbocycles. The molecule has 2 fully saturated rings. The first-order valence-electron chi connectivity index (χ1n) is 4.40. The molecule has 0 bridgehead atoms. The number of hydrogen-bond donors (Lipinski definition) is 1. The minimum Gasteiger partial charge on any atom is -0.374 e. The van der Waals surface area contributed by atoms with Crippen LogP contribution in [0.1, 0.15) is 6.42 Å². The third-order valence-electron chi connectivity index (χ3n) is 2.73. The zero-order valence-corrected chi connectivity index (χ0v) is 7.05. The quantitative estimate of drug-likeness (QED) is 0.520. The van der Waals surface area contributed by atoms with Gasteiger partial charge in [-0.25, -0.2) is 0 Å². The standard InChI is InChI=1S/C8H16N2O/c1-10-4-5-11-8-6-9-3-2-7(8)10/h7-9H,2-6H2,1H3/t7-,8-/m1/s1. The van der Waals surface area contributed by atoms with E-state index in [-0.39, 0.29) is 0 Å². The smallest absolute Gasteiger partial charge is 0.0855 e. The number of rotatable bonds is 0. The summed E-state index contributed by atoms with van der Waals surface area (Å²) in [7, 11) is 2.20. The summed E-state index contributed by atoms with van der Waals surface area (Å²) in [6.07, 6.45) is 1.68. The Hall–Kier alpha value is -0.120. The summed E-state index contributed by atoms with van der Waals surface area (Å²) < 4.78 is 5.65. The molecule has 2 rings (SSSR count). The van der Waals surface area contributed by atoms with Crippen LogP contribution in [-0.2, 0) is 4.74 Å². The Morgan fingerprint density at radius 1 is 1.55 bits per heavy atom. The van der Waals surface area contributed by atoms with Crippen LogP contribution in [0.25, 0.3) is 0 Å². The fourth-order valence-electron chi connectivity index (χ4n) is 2.00. The zero-order chi connectivity index (χ0) is 7.68. The van der Waals surface area contributed by atoms with E-state index < -0.39 is 0 Å². The van der Waals surface area contributed by atoms with Crippen LogP contribution < -0.4 is 5.32 Å². The zero-order valence-electron chi connectivity index (χ0n) is 7.05. The molecule has 3 heteroatoms. The number of fused-ring (bicyclic) bond motifs is 1. The van der Waals surface area contributed by atoms with Crippen molar-refractivity contribution in [3.8, 4) is 0 Å². The molecule has 0 aromatic heterocycles. The summed E-state index contributed by atoms with van der Waals surface area (Å²) in [6, 6.07) is 0.671. The Bertz CT molecular complexity index is 138. The molecule has 0 amide bonds. The van der Waals surface area contributed by atoms with Gasteiger partial charge in [0.25, 0.3) is 0 Å². The normalized spacial score (nSPS) is 40.1. The molecule has 0 saturated carbocycles. The van der Waals surface area contributed by atoms with Gasteiger partial charge in [-0.2, -0.15) is 0 Å². The van der Waals surface area contributed by atoms with Gasteiger partial charge in [0.05, 0.1) is 12.7 Å². The van der Waals surface area contributed by atoms with Crippen molar-refractivity contribution in [1.29, 1.82) is 0 Å². The highest BCUT2D eigenvalue weighted by Gasteiger charge is 2.31. The lowest BCUT2D eigenvalue weighted by Gasteiger charge is -2.42. The van der Waals surface area contributed by atoms with Gasteiger partial charge in [0.2, 0.25) is 0 Å². The average Bonchev–Trinajstić information content (AvgIpc) is 2.06. The number of nitrogens with zero attached hydrogens (tertiary/aromatic N) is 1. The minimum atomic E-state index is 0.447. The van der Waals surface area contributed by atoms with Crippen LogP contribution in [0.15, 0.2) is 0 Å². The number of hydrogen-bond acceptors (Lipinski definition) is 3. The summed E-state index contributed by atoms with van der Waals surface area (Å²) in [5.41, 5.74) is 0. The predicted molar refractivity (Wildman–Crippen MR) is 43.6 cm³/mol. The van der Waals surface area contributed by atoms with E-state index in [4.69, 9.17) is 4.74 Å². The third-order valence-corrected chi connectivity index (χ3v) is 2.73. The van der Waals surface area contributed by atoms with E-state index in [1.165, 1.54) is 6.42 Å². The number of nitrogens with one attached hydrogen (secondary N) is 1. The average molecular weight is 156 g/mol. The van der Waals surface area contributed by atoms with Crippen LogP contribution in [0.5, 0.6) is 0 Å². The fourth-order valence-corrected chi connectivity index (χ4v) is 2.00. The molecule has 0 spiro atoms. The van der Waals surface area contributed by atoms with Crippen LogP contribution in [0.3, 0.4) is 0 Å². The van der Waals surface area contributed by atoms with E-state index in [9.17, 15) is 0 Å². The molecular formula is C8H16N2O. The number of morpholine rings is 1. The maximum Gasteiger partial charge on any atom is 0.0855 e. The molecule has 3 nitrogen and oxygen atoms in total. The lowest BCUT2D eigenvalue weighted by Crippen LogP contribution is -2.57. The Balaban J connectivity index is 1.99. The van der Waals surface area contributed by atoms with Gasteiger partial charge in [0.15, 0.2) is 0 Å². The SMILES string of the molecule is CN1CCO[C@@H]2CNCC[C@H]21. The Kier molecular flexibility index (Phi) is 2.11. The molecule has 0 aromatic carbocycles. The summed E-state index contributed by atoms with van der Waals surface area (Å²) >= 11 is 0. The molecule has 2 heterocycles. The molecule has 2 aliphatic rings. The van der Waals surface area contributed by atoms with Crippen LogP contribution in [0, 0.1) is 0 Å².